The molecule has 3 aromatic heterocycles. The molecule has 5 nitrogen and oxygen atoms in total. The van der Waals surface area contributed by atoms with E-state index >= 15 is 0 Å². The number of rotatable bonds is 2. The van der Waals surface area contributed by atoms with Crippen LogP contribution in [0, 0.1) is 0 Å². The zero-order valence-corrected chi connectivity index (χ0v) is 13.7. The van der Waals surface area contributed by atoms with Gasteiger partial charge in [-0.05, 0) is 29.1 Å². The van der Waals surface area contributed by atoms with Crippen LogP contribution in [0.15, 0.2) is 71.0 Å². The molecule has 0 atom stereocenters. The Labute approximate surface area is 146 Å². The first kappa shape index (κ1) is 15.3. The Hall–Kier alpha value is -3.25. The van der Waals surface area contributed by atoms with Gasteiger partial charge >= 0.3 is 0 Å². The van der Waals surface area contributed by atoms with E-state index in [4.69, 9.17) is 0 Å². The molecule has 0 amide bonds. The number of thiophene rings is 1. The Morgan fingerprint density at radius 1 is 1.08 bits per heavy atom. The molecule has 1 aromatic carbocycles. The van der Waals surface area contributed by atoms with Crippen LogP contribution in [0.2, 0.25) is 0 Å². The minimum atomic E-state index is -0.612. The number of carbonyl (C=O) groups is 1. The summed E-state index contributed by atoms with van der Waals surface area (Å²) in [5.74, 6) is -0.653. The van der Waals surface area contributed by atoms with Gasteiger partial charge in [0.05, 0.1) is 10.9 Å². The van der Waals surface area contributed by atoms with Gasteiger partial charge in [0.1, 0.15) is 5.75 Å². The SMILES string of the molecule is O=C(c1ccsc1-c1ccccc1)n1c(=O)cc(O)c2cccnc21. The molecule has 6 heteroatoms. The lowest BCUT2D eigenvalue weighted by atomic mass is 10.1. The van der Waals surface area contributed by atoms with Gasteiger partial charge in [0.15, 0.2) is 5.65 Å². The molecule has 0 aliphatic carbocycles. The monoisotopic (exact) mass is 348 g/mol. The normalized spacial score (nSPS) is 10.9. The van der Waals surface area contributed by atoms with Crippen molar-refractivity contribution in [2.24, 2.45) is 0 Å². The van der Waals surface area contributed by atoms with Gasteiger partial charge in [-0.3, -0.25) is 9.59 Å². The first-order valence-corrected chi connectivity index (χ1v) is 8.42. The molecule has 0 spiro atoms. The summed E-state index contributed by atoms with van der Waals surface area (Å²) in [5, 5.41) is 12.1. The lowest BCUT2D eigenvalue weighted by Gasteiger charge is -2.09. The molecule has 25 heavy (non-hydrogen) atoms. The van der Waals surface area contributed by atoms with Crippen molar-refractivity contribution >= 4 is 28.3 Å². The van der Waals surface area contributed by atoms with Crippen molar-refractivity contribution in [1.82, 2.24) is 9.55 Å². The highest BCUT2D eigenvalue weighted by molar-refractivity contribution is 7.14. The molecule has 0 bridgehead atoms. The van der Waals surface area contributed by atoms with Crippen molar-refractivity contribution in [3.05, 3.63) is 82.1 Å². The predicted molar refractivity (Wildman–Crippen MR) is 97.2 cm³/mol. The number of hydrogen-bond acceptors (Lipinski definition) is 5. The number of fused-ring (bicyclic) bond motifs is 1. The average Bonchev–Trinajstić information content (AvgIpc) is 3.12. The quantitative estimate of drug-likeness (QED) is 0.602. The van der Waals surface area contributed by atoms with Gasteiger partial charge in [-0.2, -0.15) is 0 Å². The van der Waals surface area contributed by atoms with E-state index in [-0.39, 0.29) is 11.4 Å². The topological polar surface area (TPSA) is 72.2 Å². The van der Waals surface area contributed by atoms with E-state index in [0.29, 0.717) is 10.9 Å². The molecule has 0 fully saturated rings. The molecule has 0 saturated heterocycles. The predicted octanol–water partition coefficient (Wildman–Crippen LogP) is 3.52. The third kappa shape index (κ3) is 2.53. The van der Waals surface area contributed by atoms with Crippen molar-refractivity contribution in [2.45, 2.75) is 0 Å². The smallest absolute Gasteiger partial charge is 0.268 e. The van der Waals surface area contributed by atoms with Gasteiger partial charge in [0, 0.05) is 17.1 Å². The molecule has 3 heterocycles. The highest BCUT2D eigenvalue weighted by Gasteiger charge is 2.20. The Morgan fingerprint density at radius 2 is 1.88 bits per heavy atom. The lowest BCUT2D eigenvalue weighted by molar-refractivity contribution is 0.0961. The second kappa shape index (κ2) is 5.99. The fourth-order valence-corrected chi connectivity index (χ4v) is 3.64. The molecule has 0 radical (unpaired) electrons. The van der Waals surface area contributed by atoms with E-state index in [1.807, 2.05) is 35.7 Å². The van der Waals surface area contributed by atoms with Crippen LogP contribution < -0.4 is 5.56 Å². The summed E-state index contributed by atoms with van der Waals surface area (Å²) in [5.41, 5.74) is 0.863. The number of hydrogen-bond donors (Lipinski definition) is 1. The van der Waals surface area contributed by atoms with Crippen LogP contribution in [0.3, 0.4) is 0 Å². The lowest BCUT2D eigenvalue weighted by Crippen LogP contribution is -2.27. The minimum absolute atomic E-state index is 0.141. The van der Waals surface area contributed by atoms with Crippen LogP contribution in [0.25, 0.3) is 21.5 Å². The van der Waals surface area contributed by atoms with Gasteiger partial charge in [-0.15, -0.1) is 11.3 Å². The van der Waals surface area contributed by atoms with Crippen molar-refractivity contribution in [1.29, 1.82) is 0 Å². The molecule has 0 aliphatic heterocycles. The van der Waals surface area contributed by atoms with Crippen LogP contribution in [0.4, 0.5) is 0 Å². The highest BCUT2D eigenvalue weighted by Crippen LogP contribution is 2.30. The molecular formula is C19H12N2O3S. The van der Waals surface area contributed by atoms with E-state index in [9.17, 15) is 14.7 Å². The van der Waals surface area contributed by atoms with Crippen molar-refractivity contribution in [3.63, 3.8) is 0 Å². The van der Waals surface area contributed by atoms with Crippen LogP contribution in [0.5, 0.6) is 5.75 Å². The molecule has 122 valence electrons. The fraction of sp³-hybridized carbons (Fsp3) is 0. The second-order valence-electron chi connectivity index (χ2n) is 5.41. The van der Waals surface area contributed by atoms with Crippen LogP contribution in [0.1, 0.15) is 10.4 Å². The first-order valence-electron chi connectivity index (χ1n) is 7.54. The molecule has 0 saturated carbocycles. The zero-order valence-electron chi connectivity index (χ0n) is 12.9. The number of carbonyl (C=O) groups excluding carboxylic acids is 1. The Bertz CT molecular complexity index is 1150. The summed E-state index contributed by atoms with van der Waals surface area (Å²) >= 11 is 1.43. The summed E-state index contributed by atoms with van der Waals surface area (Å²) in [7, 11) is 0. The van der Waals surface area contributed by atoms with Gasteiger partial charge in [-0.25, -0.2) is 9.55 Å². The Morgan fingerprint density at radius 3 is 2.68 bits per heavy atom. The maximum atomic E-state index is 13.1. The molecule has 4 rings (SSSR count). The molecular weight excluding hydrogens is 336 g/mol. The molecule has 0 unspecified atom stereocenters. The highest BCUT2D eigenvalue weighted by atomic mass is 32.1. The minimum Gasteiger partial charge on any atom is -0.507 e. The fourth-order valence-electron chi connectivity index (χ4n) is 2.75. The van der Waals surface area contributed by atoms with Crippen LogP contribution >= 0.6 is 11.3 Å². The number of pyridine rings is 2. The number of aromatic nitrogens is 2. The average molecular weight is 348 g/mol. The summed E-state index contributed by atoms with van der Waals surface area (Å²) in [4.78, 5) is 30.4. The van der Waals surface area contributed by atoms with Crippen molar-refractivity contribution < 1.29 is 9.90 Å². The largest absolute Gasteiger partial charge is 0.507 e. The number of aromatic hydroxyl groups is 1. The summed E-state index contributed by atoms with van der Waals surface area (Å²) < 4.78 is 1.00. The van der Waals surface area contributed by atoms with Gasteiger partial charge in [0.25, 0.3) is 11.5 Å². The first-order chi connectivity index (χ1) is 12.2. The van der Waals surface area contributed by atoms with E-state index in [2.05, 4.69) is 4.98 Å². The zero-order chi connectivity index (χ0) is 17.4. The van der Waals surface area contributed by atoms with E-state index in [0.717, 1.165) is 21.1 Å². The van der Waals surface area contributed by atoms with Gasteiger partial charge < -0.3 is 5.11 Å². The third-order valence-electron chi connectivity index (χ3n) is 3.89. The summed E-state index contributed by atoms with van der Waals surface area (Å²) in [6.45, 7) is 0. The van der Waals surface area contributed by atoms with E-state index in [1.165, 1.54) is 17.5 Å². The van der Waals surface area contributed by atoms with E-state index in [1.54, 1.807) is 18.2 Å². The summed E-state index contributed by atoms with van der Waals surface area (Å²) in [6, 6.07) is 15.5. The van der Waals surface area contributed by atoms with Crippen molar-refractivity contribution in [3.8, 4) is 16.2 Å². The third-order valence-corrected chi connectivity index (χ3v) is 4.85. The van der Waals surface area contributed by atoms with Crippen LogP contribution in [-0.4, -0.2) is 20.6 Å². The maximum Gasteiger partial charge on any atom is 0.268 e. The Balaban J connectivity index is 1.94. The van der Waals surface area contributed by atoms with E-state index < -0.39 is 11.5 Å². The number of benzene rings is 1. The molecule has 1 N–H and O–H groups in total. The van der Waals surface area contributed by atoms with Crippen molar-refractivity contribution in [2.75, 3.05) is 0 Å². The second-order valence-corrected chi connectivity index (χ2v) is 6.33. The van der Waals surface area contributed by atoms with Gasteiger partial charge in [-0.1, -0.05) is 30.3 Å². The van der Waals surface area contributed by atoms with Gasteiger partial charge in [0.2, 0.25) is 0 Å². The molecule has 4 aromatic rings. The van der Waals surface area contributed by atoms with Crippen LogP contribution in [-0.2, 0) is 0 Å². The standard InChI is InChI=1S/C19H12N2O3S/c22-15-11-16(23)21(18-13(15)7-4-9-20-18)19(24)14-8-10-25-17(14)12-5-2-1-3-6-12/h1-11,22H. The Kier molecular flexibility index (Phi) is 3.66. The maximum absolute atomic E-state index is 13.1. The molecule has 0 aliphatic rings. The summed E-state index contributed by atoms with van der Waals surface area (Å²) in [6.07, 6.45) is 1.48. The number of nitrogens with zero attached hydrogens (tertiary/aromatic N) is 2.